The Morgan fingerprint density at radius 2 is 2.06 bits per heavy atom. The highest BCUT2D eigenvalue weighted by molar-refractivity contribution is 6.16. The molecule has 1 aromatic carbocycles. The molecule has 84 valence electrons. The van der Waals surface area contributed by atoms with Crippen LogP contribution in [0.1, 0.15) is 11.6 Å². The third-order valence-corrected chi connectivity index (χ3v) is 2.40. The largest absolute Gasteiger partial charge is 0.324 e. The lowest BCUT2D eigenvalue weighted by Crippen LogP contribution is -2.08. The molecule has 1 aromatic heterocycles. The SMILES string of the molecule is NCc1nnc(CCl)n1-c1cccc(F)c1. The first kappa shape index (κ1) is 11.0. The predicted molar refractivity (Wildman–Crippen MR) is 58.8 cm³/mol. The topological polar surface area (TPSA) is 56.7 Å². The molecular weight excluding hydrogens is 231 g/mol. The fourth-order valence-electron chi connectivity index (χ4n) is 1.49. The number of benzene rings is 1. The third-order valence-electron chi connectivity index (χ3n) is 2.17. The van der Waals surface area contributed by atoms with Crippen molar-refractivity contribution in [2.24, 2.45) is 5.73 Å². The Morgan fingerprint density at radius 1 is 1.31 bits per heavy atom. The molecule has 0 radical (unpaired) electrons. The van der Waals surface area contributed by atoms with Crippen molar-refractivity contribution < 1.29 is 4.39 Å². The molecule has 0 aliphatic heterocycles. The summed E-state index contributed by atoms with van der Waals surface area (Å²) in [4.78, 5) is 0. The van der Waals surface area contributed by atoms with E-state index in [1.54, 1.807) is 16.7 Å². The lowest BCUT2D eigenvalue weighted by atomic mass is 10.3. The van der Waals surface area contributed by atoms with Gasteiger partial charge in [-0.05, 0) is 18.2 Å². The molecule has 6 heteroatoms. The van der Waals surface area contributed by atoms with Crippen LogP contribution in [-0.2, 0) is 12.4 Å². The van der Waals surface area contributed by atoms with Gasteiger partial charge in [0.2, 0.25) is 0 Å². The standard InChI is InChI=1S/C10H10ClFN4/c11-5-9-14-15-10(6-13)16(9)8-3-1-2-7(12)4-8/h1-4H,5-6,13H2. The van der Waals surface area contributed by atoms with Crippen molar-refractivity contribution in [3.8, 4) is 5.69 Å². The monoisotopic (exact) mass is 240 g/mol. The van der Waals surface area contributed by atoms with Crippen LogP contribution >= 0.6 is 11.6 Å². The summed E-state index contributed by atoms with van der Waals surface area (Å²) >= 11 is 5.73. The van der Waals surface area contributed by atoms with Crippen LogP contribution in [-0.4, -0.2) is 14.8 Å². The van der Waals surface area contributed by atoms with Crippen LogP contribution in [0.3, 0.4) is 0 Å². The number of nitrogens with two attached hydrogens (primary N) is 1. The van der Waals surface area contributed by atoms with Gasteiger partial charge >= 0.3 is 0 Å². The number of alkyl halides is 1. The van der Waals surface area contributed by atoms with Gasteiger partial charge in [0.1, 0.15) is 5.82 Å². The first-order chi connectivity index (χ1) is 7.76. The average molecular weight is 241 g/mol. The van der Waals surface area contributed by atoms with Gasteiger partial charge in [-0.3, -0.25) is 4.57 Å². The van der Waals surface area contributed by atoms with Crippen molar-refractivity contribution in [2.45, 2.75) is 12.4 Å². The van der Waals surface area contributed by atoms with Crippen LogP contribution in [0.25, 0.3) is 5.69 Å². The minimum atomic E-state index is -0.324. The fourth-order valence-corrected chi connectivity index (χ4v) is 1.66. The second-order valence-corrected chi connectivity index (χ2v) is 3.45. The molecule has 0 unspecified atom stereocenters. The Bertz CT molecular complexity index is 476. The molecule has 0 atom stereocenters. The Kier molecular flexibility index (Phi) is 3.17. The van der Waals surface area contributed by atoms with E-state index in [0.29, 0.717) is 17.3 Å². The van der Waals surface area contributed by atoms with Gasteiger partial charge in [-0.15, -0.1) is 21.8 Å². The van der Waals surface area contributed by atoms with E-state index in [1.807, 2.05) is 0 Å². The molecule has 0 saturated heterocycles. The fraction of sp³-hybridized carbons (Fsp3) is 0.200. The molecule has 4 nitrogen and oxygen atoms in total. The van der Waals surface area contributed by atoms with Gasteiger partial charge in [0, 0.05) is 0 Å². The highest BCUT2D eigenvalue weighted by atomic mass is 35.5. The van der Waals surface area contributed by atoms with Gasteiger partial charge in [0.25, 0.3) is 0 Å². The van der Waals surface area contributed by atoms with Gasteiger partial charge in [-0.1, -0.05) is 6.07 Å². The Morgan fingerprint density at radius 3 is 2.69 bits per heavy atom. The lowest BCUT2D eigenvalue weighted by molar-refractivity contribution is 0.626. The summed E-state index contributed by atoms with van der Waals surface area (Å²) in [5.41, 5.74) is 6.16. The zero-order valence-corrected chi connectivity index (χ0v) is 9.15. The Hall–Kier alpha value is -1.46. The van der Waals surface area contributed by atoms with E-state index in [9.17, 15) is 4.39 Å². The summed E-state index contributed by atoms with van der Waals surface area (Å²) in [6, 6.07) is 6.12. The smallest absolute Gasteiger partial charge is 0.152 e. The molecule has 0 fully saturated rings. The van der Waals surface area contributed by atoms with E-state index in [-0.39, 0.29) is 18.2 Å². The van der Waals surface area contributed by atoms with Crippen LogP contribution < -0.4 is 5.73 Å². The molecule has 0 saturated carbocycles. The second-order valence-electron chi connectivity index (χ2n) is 3.19. The van der Waals surface area contributed by atoms with Crippen molar-refractivity contribution in [2.75, 3.05) is 0 Å². The van der Waals surface area contributed by atoms with Crippen LogP contribution in [0, 0.1) is 5.82 Å². The molecule has 0 amide bonds. The lowest BCUT2D eigenvalue weighted by Gasteiger charge is -2.07. The number of halogens is 2. The molecule has 2 rings (SSSR count). The maximum Gasteiger partial charge on any atom is 0.152 e. The van der Waals surface area contributed by atoms with Gasteiger partial charge in [0.15, 0.2) is 11.6 Å². The summed E-state index contributed by atoms with van der Waals surface area (Å²) in [6.07, 6.45) is 0. The van der Waals surface area contributed by atoms with E-state index in [4.69, 9.17) is 17.3 Å². The Balaban J connectivity index is 2.57. The van der Waals surface area contributed by atoms with Gasteiger partial charge < -0.3 is 5.73 Å². The van der Waals surface area contributed by atoms with E-state index in [0.717, 1.165) is 0 Å². The number of nitrogens with zero attached hydrogens (tertiary/aromatic N) is 3. The van der Waals surface area contributed by atoms with Crippen molar-refractivity contribution in [3.05, 3.63) is 41.7 Å². The summed E-state index contributed by atoms with van der Waals surface area (Å²) < 4.78 is 14.8. The Labute approximate surface area is 96.9 Å². The minimum absolute atomic E-state index is 0.198. The number of hydrogen-bond acceptors (Lipinski definition) is 3. The number of hydrogen-bond donors (Lipinski definition) is 1. The molecule has 1 heterocycles. The first-order valence-corrected chi connectivity index (χ1v) is 5.25. The van der Waals surface area contributed by atoms with Gasteiger partial charge in [-0.2, -0.15) is 0 Å². The zero-order chi connectivity index (χ0) is 11.5. The molecule has 16 heavy (non-hydrogen) atoms. The van der Waals surface area contributed by atoms with E-state index in [1.165, 1.54) is 12.1 Å². The molecule has 2 N–H and O–H groups in total. The van der Waals surface area contributed by atoms with Crippen LogP contribution in [0.15, 0.2) is 24.3 Å². The second kappa shape index (κ2) is 4.59. The maximum atomic E-state index is 13.1. The highest BCUT2D eigenvalue weighted by Crippen LogP contribution is 2.15. The molecule has 0 aliphatic carbocycles. The first-order valence-electron chi connectivity index (χ1n) is 4.71. The normalized spacial score (nSPS) is 10.7. The predicted octanol–water partition coefficient (Wildman–Crippen LogP) is 1.60. The number of rotatable bonds is 3. The summed E-state index contributed by atoms with van der Waals surface area (Å²) in [6.45, 7) is 0.223. The van der Waals surface area contributed by atoms with Crippen molar-refractivity contribution in [1.29, 1.82) is 0 Å². The minimum Gasteiger partial charge on any atom is -0.324 e. The molecule has 2 aromatic rings. The van der Waals surface area contributed by atoms with Crippen LogP contribution in [0.4, 0.5) is 4.39 Å². The van der Waals surface area contributed by atoms with Crippen molar-refractivity contribution in [3.63, 3.8) is 0 Å². The molecule has 0 aliphatic rings. The van der Waals surface area contributed by atoms with E-state index in [2.05, 4.69) is 10.2 Å². The summed E-state index contributed by atoms with van der Waals surface area (Å²) in [7, 11) is 0. The molecular formula is C10H10ClFN4. The average Bonchev–Trinajstić information content (AvgIpc) is 2.71. The molecule has 0 bridgehead atoms. The summed E-state index contributed by atoms with van der Waals surface area (Å²) in [5, 5.41) is 7.78. The van der Waals surface area contributed by atoms with E-state index < -0.39 is 0 Å². The van der Waals surface area contributed by atoms with Crippen molar-refractivity contribution in [1.82, 2.24) is 14.8 Å². The maximum absolute atomic E-state index is 13.1. The van der Waals surface area contributed by atoms with Gasteiger partial charge in [-0.25, -0.2) is 4.39 Å². The van der Waals surface area contributed by atoms with Crippen LogP contribution in [0.2, 0.25) is 0 Å². The number of aromatic nitrogens is 3. The third kappa shape index (κ3) is 1.91. The summed E-state index contributed by atoms with van der Waals surface area (Å²) in [5.74, 6) is 0.979. The zero-order valence-electron chi connectivity index (χ0n) is 8.40. The highest BCUT2D eigenvalue weighted by Gasteiger charge is 2.11. The molecule has 0 spiro atoms. The quantitative estimate of drug-likeness (QED) is 0.830. The van der Waals surface area contributed by atoms with Gasteiger partial charge in [0.05, 0.1) is 18.1 Å². The van der Waals surface area contributed by atoms with Crippen molar-refractivity contribution >= 4 is 11.6 Å². The van der Waals surface area contributed by atoms with Crippen LogP contribution in [0.5, 0.6) is 0 Å². The van der Waals surface area contributed by atoms with E-state index >= 15 is 0 Å².